The van der Waals surface area contributed by atoms with Crippen LogP contribution < -0.4 is 10.2 Å². The molecule has 120 valence electrons. The lowest BCUT2D eigenvalue weighted by atomic mass is 10.1. The van der Waals surface area contributed by atoms with Crippen molar-refractivity contribution in [1.82, 2.24) is 14.9 Å². The standard InChI is InChI=1S/C17H21N5O/c1-12-18-15-9-10-22(11-14(15)16(19-12)21(2)3)17(23)20-13-7-5-4-6-8-13/h4-8H,9-11H2,1-3H3,(H,20,23). The number of fused-ring (bicyclic) bond motifs is 1. The van der Waals surface area contributed by atoms with Crippen LogP contribution in [0.15, 0.2) is 30.3 Å². The molecule has 0 atom stereocenters. The molecule has 2 aromatic rings. The van der Waals surface area contributed by atoms with Gasteiger partial charge in [-0.2, -0.15) is 0 Å². The molecule has 0 spiro atoms. The molecular weight excluding hydrogens is 290 g/mol. The second kappa shape index (κ2) is 6.24. The highest BCUT2D eigenvalue weighted by atomic mass is 16.2. The summed E-state index contributed by atoms with van der Waals surface area (Å²) < 4.78 is 0. The lowest BCUT2D eigenvalue weighted by molar-refractivity contribution is 0.206. The smallest absolute Gasteiger partial charge is 0.322 e. The molecule has 0 bridgehead atoms. The van der Waals surface area contributed by atoms with Crippen LogP contribution in [0.2, 0.25) is 0 Å². The van der Waals surface area contributed by atoms with Crippen LogP contribution in [-0.4, -0.2) is 41.5 Å². The van der Waals surface area contributed by atoms with Crippen LogP contribution in [0.4, 0.5) is 16.3 Å². The molecule has 6 nitrogen and oxygen atoms in total. The van der Waals surface area contributed by atoms with Crippen LogP contribution in [0.1, 0.15) is 17.1 Å². The van der Waals surface area contributed by atoms with E-state index in [1.807, 2.05) is 56.3 Å². The van der Waals surface area contributed by atoms with Crippen molar-refractivity contribution < 1.29 is 4.79 Å². The van der Waals surface area contributed by atoms with E-state index in [-0.39, 0.29) is 6.03 Å². The molecule has 1 aliphatic heterocycles. The van der Waals surface area contributed by atoms with Gasteiger partial charge in [0.2, 0.25) is 0 Å². The highest BCUT2D eigenvalue weighted by Gasteiger charge is 2.25. The molecule has 3 rings (SSSR count). The van der Waals surface area contributed by atoms with Gasteiger partial charge in [0.15, 0.2) is 0 Å². The molecule has 1 aromatic carbocycles. The number of nitrogens with zero attached hydrogens (tertiary/aromatic N) is 4. The summed E-state index contributed by atoms with van der Waals surface area (Å²) in [4.78, 5) is 25.3. The number of hydrogen-bond acceptors (Lipinski definition) is 4. The summed E-state index contributed by atoms with van der Waals surface area (Å²) in [6, 6.07) is 9.41. The van der Waals surface area contributed by atoms with Crippen molar-refractivity contribution in [3.8, 4) is 0 Å². The predicted molar refractivity (Wildman–Crippen MR) is 90.7 cm³/mol. The number of anilines is 2. The van der Waals surface area contributed by atoms with E-state index in [0.29, 0.717) is 13.1 Å². The normalized spacial score (nSPS) is 13.4. The molecule has 0 saturated heterocycles. The molecule has 1 N–H and O–H groups in total. The van der Waals surface area contributed by atoms with Crippen molar-refractivity contribution in [2.75, 3.05) is 30.9 Å². The molecule has 23 heavy (non-hydrogen) atoms. The zero-order valence-electron chi connectivity index (χ0n) is 13.7. The molecule has 2 heterocycles. The number of nitrogens with one attached hydrogen (secondary N) is 1. The monoisotopic (exact) mass is 311 g/mol. The summed E-state index contributed by atoms with van der Waals surface area (Å²) in [7, 11) is 3.93. The number of rotatable bonds is 2. The number of para-hydroxylation sites is 1. The van der Waals surface area contributed by atoms with Gasteiger partial charge < -0.3 is 15.1 Å². The largest absolute Gasteiger partial charge is 0.362 e. The van der Waals surface area contributed by atoms with Crippen molar-refractivity contribution in [2.24, 2.45) is 0 Å². The number of benzene rings is 1. The average molecular weight is 311 g/mol. The van der Waals surface area contributed by atoms with E-state index in [1.54, 1.807) is 4.90 Å². The Bertz CT molecular complexity index is 714. The molecular formula is C17H21N5O. The quantitative estimate of drug-likeness (QED) is 0.925. The first-order chi connectivity index (χ1) is 11.0. The molecule has 0 saturated carbocycles. The van der Waals surface area contributed by atoms with Crippen LogP contribution in [0, 0.1) is 6.92 Å². The molecule has 0 aliphatic carbocycles. The summed E-state index contributed by atoms with van der Waals surface area (Å²) in [6.07, 6.45) is 0.752. The van der Waals surface area contributed by atoms with E-state index in [1.165, 1.54) is 0 Å². The summed E-state index contributed by atoms with van der Waals surface area (Å²) >= 11 is 0. The van der Waals surface area contributed by atoms with Gasteiger partial charge in [-0.15, -0.1) is 0 Å². The number of aromatic nitrogens is 2. The van der Waals surface area contributed by atoms with Gasteiger partial charge in [0.1, 0.15) is 11.6 Å². The topological polar surface area (TPSA) is 61.4 Å². The Morgan fingerprint density at radius 3 is 2.65 bits per heavy atom. The molecule has 1 aliphatic rings. The molecule has 0 fully saturated rings. The Kier molecular flexibility index (Phi) is 4.14. The van der Waals surface area contributed by atoms with Gasteiger partial charge in [-0.25, -0.2) is 14.8 Å². The number of amides is 2. The van der Waals surface area contributed by atoms with Crippen molar-refractivity contribution in [1.29, 1.82) is 0 Å². The maximum atomic E-state index is 12.5. The Hall–Kier alpha value is -2.63. The maximum Gasteiger partial charge on any atom is 0.322 e. The lowest BCUT2D eigenvalue weighted by Crippen LogP contribution is -2.40. The van der Waals surface area contributed by atoms with Crippen LogP contribution in [0.5, 0.6) is 0 Å². The van der Waals surface area contributed by atoms with Gasteiger partial charge in [-0.1, -0.05) is 18.2 Å². The van der Waals surface area contributed by atoms with E-state index >= 15 is 0 Å². The van der Waals surface area contributed by atoms with Crippen molar-refractivity contribution >= 4 is 17.5 Å². The van der Waals surface area contributed by atoms with Crippen molar-refractivity contribution in [3.63, 3.8) is 0 Å². The van der Waals surface area contributed by atoms with Crippen molar-refractivity contribution in [3.05, 3.63) is 47.4 Å². The molecule has 0 radical (unpaired) electrons. The minimum absolute atomic E-state index is 0.0906. The van der Waals surface area contributed by atoms with E-state index in [9.17, 15) is 4.79 Å². The summed E-state index contributed by atoms with van der Waals surface area (Å²) in [5.41, 5.74) is 2.89. The van der Waals surface area contributed by atoms with Crippen molar-refractivity contribution in [2.45, 2.75) is 19.9 Å². The van der Waals surface area contributed by atoms with E-state index < -0.39 is 0 Å². The van der Waals surface area contributed by atoms with Gasteiger partial charge in [-0.3, -0.25) is 0 Å². The van der Waals surface area contributed by atoms with E-state index in [2.05, 4.69) is 15.3 Å². The number of carbonyl (C=O) groups excluding carboxylic acids is 1. The number of carbonyl (C=O) groups is 1. The Balaban J connectivity index is 1.81. The lowest BCUT2D eigenvalue weighted by Gasteiger charge is -2.30. The Labute approximate surface area is 136 Å². The van der Waals surface area contributed by atoms with Gasteiger partial charge in [-0.05, 0) is 19.1 Å². The van der Waals surface area contributed by atoms with Crippen LogP contribution in [0.25, 0.3) is 0 Å². The fourth-order valence-electron chi connectivity index (χ4n) is 2.78. The number of aryl methyl sites for hydroxylation is 1. The fraction of sp³-hybridized carbons (Fsp3) is 0.353. The minimum atomic E-state index is -0.0906. The molecule has 2 amide bonds. The summed E-state index contributed by atoms with van der Waals surface area (Å²) in [5, 5.41) is 2.94. The molecule has 6 heteroatoms. The number of hydrogen-bond donors (Lipinski definition) is 1. The Morgan fingerprint density at radius 2 is 1.96 bits per heavy atom. The zero-order chi connectivity index (χ0) is 16.4. The first-order valence-electron chi connectivity index (χ1n) is 7.69. The van der Waals surface area contributed by atoms with Crippen LogP contribution >= 0.6 is 0 Å². The third-order valence-electron chi connectivity index (χ3n) is 3.89. The van der Waals surface area contributed by atoms with Crippen LogP contribution in [-0.2, 0) is 13.0 Å². The highest BCUT2D eigenvalue weighted by molar-refractivity contribution is 5.89. The first kappa shape index (κ1) is 15.3. The van der Waals surface area contributed by atoms with E-state index in [0.717, 1.165) is 35.0 Å². The second-order valence-electron chi connectivity index (χ2n) is 5.88. The molecule has 0 unspecified atom stereocenters. The second-order valence-corrected chi connectivity index (χ2v) is 5.88. The van der Waals surface area contributed by atoms with E-state index in [4.69, 9.17) is 0 Å². The third kappa shape index (κ3) is 3.26. The highest BCUT2D eigenvalue weighted by Crippen LogP contribution is 2.25. The Morgan fingerprint density at radius 1 is 1.22 bits per heavy atom. The minimum Gasteiger partial charge on any atom is -0.362 e. The fourth-order valence-corrected chi connectivity index (χ4v) is 2.78. The number of urea groups is 1. The van der Waals surface area contributed by atoms with Gasteiger partial charge in [0, 0.05) is 38.3 Å². The third-order valence-corrected chi connectivity index (χ3v) is 3.89. The molecule has 1 aromatic heterocycles. The van der Waals surface area contributed by atoms with Gasteiger partial charge >= 0.3 is 6.03 Å². The van der Waals surface area contributed by atoms with Gasteiger partial charge in [0.25, 0.3) is 0 Å². The zero-order valence-corrected chi connectivity index (χ0v) is 13.7. The summed E-state index contributed by atoms with van der Waals surface area (Å²) in [6.45, 7) is 3.10. The SMILES string of the molecule is Cc1nc2c(c(N(C)C)n1)CN(C(=O)Nc1ccccc1)CC2. The predicted octanol–water partition coefficient (Wildman–Crippen LogP) is 2.44. The first-order valence-corrected chi connectivity index (χ1v) is 7.69. The average Bonchev–Trinajstić information content (AvgIpc) is 2.54. The van der Waals surface area contributed by atoms with Gasteiger partial charge in [0.05, 0.1) is 12.2 Å². The summed E-state index contributed by atoms with van der Waals surface area (Å²) in [5.74, 6) is 1.67. The van der Waals surface area contributed by atoms with Crippen LogP contribution in [0.3, 0.4) is 0 Å². The maximum absolute atomic E-state index is 12.5.